The molecule has 4 atom stereocenters. The summed E-state index contributed by atoms with van der Waals surface area (Å²) in [5.41, 5.74) is 0.121. The molecule has 4 nitrogen and oxygen atoms in total. The minimum absolute atomic E-state index is 0.0565. The van der Waals surface area contributed by atoms with Crippen molar-refractivity contribution in [2.45, 2.75) is 12.8 Å². The molecule has 1 aromatic rings. The van der Waals surface area contributed by atoms with E-state index in [9.17, 15) is 22.8 Å². The van der Waals surface area contributed by atoms with Crippen molar-refractivity contribution in [2.75, 3.05) is 4.90 Å². The first-order valence-corrected chi connectivity index (χ1v) is 7.27. The summed E-state index contributed by atoms with van der Waals surface area (Å²) in [4.78, 5) is 26.2. The molecule has 2 fully saturated rings. The highest BCUT2D eigenvalue weighted by atomic mass is 19.4. The summed E-state index contributed by atoms with van der Waals surface area (Å²) >= 11 is 0. The summed E-state index contributed by atoms with van der Waals surface area (Å²) in [5.74, 6) is -1.77. The fourth-order valence-corrected chi connectivity index (χ4v) is 3.98. The summed E-state index contributed by atoms with van der Waals surface area (Å²) in [6.45, 7) is 0. The van der Waals surface area contributed by atoms with Gasteiger partial charge < -0.3 is 4.74 Å². The smallest absolute Gasteiger partial charge is 0.406 e. The van der Waals surface area contributed by atoms with Crippen LogP contribution < -0.4 is 9.64 Å². The van der Waals surface area contributed by atoms with Gasteiger partial charge in [0.2, 0.25) is 11.8 Å². The predicted octanol–water partition coefficient (Wildman–Crippen LogP) is 2.90. The van der Waals surface area contributed by atoms with Crippen LogP contribution in [0, 0.1) is 23.7 Å². The summed E-state index contributed by atoms with van der Waals surface area (Å²) < 4.78 is 40.8. The molecule has 120 valence electrons. The maximum Gasteiger partial charge on any atom is 0.573 e. The molecule has 0 radical (unpaired) electrons. The Morgan fingerprint density at radius 1 is 1.04 bits per heavy atom. The van der Waals surface area contributed by atoms with Gasteiger partial charge in [0.15, 0.2) is 0 Å². The van der Waals surface area contributed by atoms with Crippen molar-refractivity contribution >= 4 is 17.5 Å². The van der Waals surface area contributed by atoms with Gasteiger partial charge in [-0.25, -0.2) is 4.90 Å². The number of nitrogens with zero attached hydrogens (tertiary/aromatic N) is 1. The number of amides is 2. The van der Waals surface area contributed by atoms with E-state index in [4.69, 9.17) is 0 Å². The van der Waals surface area contributed by atoms with Gasteiger partial charge in [0.05, 0.1) is 17.5 Å². The number of hydrogen-bond acceptors (Lipinski definition) is 3. The third kappa shape index (κ3) is 2.14. The molecule has 0 aromatic heterocycles. The number of carbonyl (C=O) groups is 2. The Morgan fingerprint density at radius 2 is 1.65 bits per heavy atom. The van der Waals surface area contributed by atoms with Crippen LogP contribution in [0.15, 0.2) is 36.4 Å². The molecule has 1 saturated heterocycles. The Balaban J connectivity index is 1.66. The SMILES string of the molecule is O=C1[C@@H]2[C@@H](C(=O)N1c1cccc(OC(F)(F)F)c1)[C@H]1C=C[C@H]2C1. The fraction of sp³-hybridized carbons (Fsp3) is 0.375. The molecule has 0 N–H and O–H groups in total. The van der Waals surface area contributed by atoms with Gasteiger partial charge in [-0.15, -0.1) is 13.2 Å². The molecule has 4 rings (SSSR count). The summed E-state index contributed by atoms with van der Waals surface area (Å²) in [7, 11) is 0. The summed E-state index contributed by atoms with van der Waals surface area (Å²) in [5, 5.41) is 0. The van der Waals surface area contributed by atoms with Crippen LogP contribution in [-0.2, 0) is 9.59 Å². The van der Waals surface area contributed by atoms with Gasteiger partial charge in [-0.1, -0.05) is 18.2 Å². The molecule has 1 aromatic carbocycles. The van der Waals surface area contributed by atoms with Crippen molar-refractivity contribution in [1.29, 1.82) is 0 Å². The highest BCUT2D eigenvalue weighted by Gasteiger charge is 2.59. The first kappa shape index (κ1) is 14.3. The third-order valence-corrected chi connectivity index (χ3v) is 4.78. The molecule has 0 spiro atoms. The quantitative estimate of drug-likeness (QED) is 0.621. The van der Waals surface area contributed by atoms with E-state index in [0.29, 0.717) is 0 Å². The number of allylic oxidation sites excluding steroid dienone is 2. The van der Waals surface area contributed by atoms with E-state index in [0.717, 1.165) is 23.5 Å². The molecule has 1 heterocycles. The lowest BCUT2D eigenvalue weighted by atomic mass is 9.85. The Bertz CT molecular complexity index is 698. The summed E-state index contributed by atoms with van der Waals surface area (Å²) in [6.07, 6.45) is -0.0948. The molecule has 2 aliphatic carbocycles. The number of imide groups is 1. The van der Waals surface area contributed by atoms with Gasteiger partial charge >= 0.3 is 6.36 Å². The van der Waals surface area contributed by atoms with Gasteiger partial charge in [0.25, 0.3) is 0 Å². The van der Waals surface area contributed by atoms with Gasteiger partial charge in [-0.3, -0.25) is 9.59 Å². The van der Waals surface area contributed by atoms with Crippen LogP contribution in [0.3, 0.4) is 0 Å². The number of ether oxygens (including phenoxy) is 1. The Kier molecular flexibility index (Phi) is 2.86. The van der Waals surface area contributed by atoms with Crippen LogP contribution in [0.5, 0.6) is 5.75 Å². The van der Waals surface area contributed by atoms with Gasteiger partial charge in [0.1, 0.15) is 5.75 Å². The highest BCUT2D eigenvalue weighted by molar-refractivity contribution is 6.22. The van der Waals surface area contributed by atoms with E-state index in [1.54, 1.807) is 0 Å². The number of benzene rings is 1. The number of hydrogen-bond donors (Lipinski definition) is 0. The average molecular weight is 323 g/mol. The molecule has 7 heteroatoms. The molecule has 3 aliphatic rings. The third-order valence-electron chi connectivity index (χ3n) is 4.78. The zero-order chi connectivity index (χ0) is 16.4. The topological polar surface area (TPSA) is 46.6 Å². The molecule has 1 saturated carbocycles. The van der Waals surface area contributed by atoms with Crippen molar-refractivity contribution < 1.29 is 27.5 Å². The predicted molar refractivity (Wildman–Crippen MR) is 73.3 cm³/mol. The van der Waals surface area contributed by atoms with Crippen LogP contribution in [-0.4, -0.2) is 18.2 Å². The van der Waals surface area contributed by atoms with E-state index >= 15 is 0 Å². The second-order valence-electron chi connectivity index (χ2n) is 6.06. The summed E-state index contributed by atoms with van der Waals surface area (Å²) in [6, 6.07) is 4.97. The van der Waals surface area contributed by atoms with E-state index in [2.05, 4.69) is 4.74 Å². The number of carbonyl (C=O) groups excluding carboxylic acids is 2. The van der Waals surface area contributed by atoms with Gasteiger partial charge in [0, 0.05) is 6.07 Å². The lowest BCUT2D eigenvalue weighted by molar-refractivity contribution is -0.274. The largest absolute Gasteiger partial charge is 0.573 e. The van der Waals surface area contributed by atoms with Crippen molar-refractivity contribution in [3.63, 3.8) is 0 Å². The Morgan fingerprint density at radius 3 is 2.22 bits per heavy atom. The van der Waals surface area contributed by atoms with Crippen LogP contribution in [0.2, 0.25) is 0 Å². The Labute approximate surface area is 129 Å². The fourth-order valence-electron chi connectivity index (χ4n) is 3.98. The monoisotopic (exact) mass is 323 g/mol. The molecule has 23 heavy (non-hydrogen) atoms. The second kappa shape index (κ2) is 4.59. The minimum atomic E-state index is -4.82. The van der Waals surface area contributed by atoms with Crippen LogP contribution in [0.1, 0.15) is 6.42 Å². The molecular formula is C16H12F3NO3. The molecule has 2 bridgehead atoms. The van der Waals surface area contributed by atoms with E-state index in [-0.39, 0.29) is 41.2 Å². The van der Waals surface area contributed by atoms with Gasteiger partial charge in [-0.05, 0) is 30.4 Å². The molecule has 0 unspecified atom stereocenters. The van der Waals surface area contributed by atoms with E-state index in [1.807, 2.05) is 12.2 Å². The van der Waals surface area contributed by atoms with Crippen LogP contribution in [0.4, 0.5) is 18.9 Å². The normalized spacial score (nSPS) is 31.9. The zero-order valence-corrected chi connectivity index (χ0v) is 11.8. The average Bonchev–Trinajstić information content (AvgIpc) is 3.11. The first-order chi connectivity index (χ1) is 10.8. The maximum atomic E-state index is 12.6. The van der Waals surface area contributed by atoms with Crippen molar-refractivity contribution in [2.24, 2.45) is 23.7 Å². The van der Waals surface area contributed by atoms with Gasteiger partial charge in [-0.2, -0.15) is 0 Å². The van der Waals surface area contributed by atoms with Crippen LogP contribution in [0.25, 0.3) is 0 Å². The Hall–Kier alpha value is -2.31. The van der Waals surface area contributed by atoms with Crippen LogP contribution >= 0.6 is 0 Å². The minimum Gasteiger partial charge on any atom is -0.406 e. The molecular weight excluding hydrogens is 311 g/mol. The zero-order valence-electron chi connectivity index (χ0n) is 11.8. The second-order valence-corrected chi connectivity index (χ2v) is 6.06. The molecule has 1 aliphatic heterocycles. The van der Waals surface area contributed by atoms with Crippen molar-refractivity contribution in [3.05, 3.63) is 36.4 Å². The highest BCUT2D eigenvalue weighted by Crippen LogP contribution is 2.53. The lowest BCUT2D eigenvalue weighted by Crippen LogP contribution is -2.32. The molecule has 2 amide bonds. The van der Waals surface area contributed by atoms with Crippen molar-refractivity contribution in [1.82, 2.24) is 0 Å². The number of fused-ring (bicyclic) bond motifs is 5. The number of rotatable bonds is 2. The van der Waals surface area contributed by atoms with Crippen molar-refractivity contribution in [3.8, 4) is 5.75 Å². The standard InChI is InChI=1S/C16H12F3NO3/c17-16(18,19)23-11-3-1-2-10(7-11)20-14(21)12-8-4-5-9(6-8)13(12)15(20)22/h1-5,7-9,12-13H,6H2/t8-,9-,12-,13-/m0/s1. The number of halogens is 3. The van der Waals surface area contributed by atoms with E-state index in [1.165, 1.54) is 12.1 Å². The number of anilines is 1. The number of alkyl halides is 3. The first-order valence-electron chi connectivity index (χ1n) is 7.27. The van der Waals surface area contributed by atoms with E-state index < -0.39 is 12.1 Å². The maximum absolute atomic E-state index is 12.6. The lowest BCUT2D eigenvalue weighted by Gasteiger charge is -2.18.